The van der Waals surface area contributed by atoms with Crippen LogP contribution in [0.5, 0.6) is 0 Å². The minimum absolute atomic E-state index is 0.0800. The highest BCUT2D eigenvalue weighted by atomic mass is 31.2. The first-order chi connectivity index (χ1) is 13.9. The highest BCUT2D eigenvalue weighted by molar-refractivity contribution is 7.51. The van der Waals surface area contributed by atoms with Crippen molar-refractivity contribution in [1.29, 1.82) is 0 Å². The van der Waals surface area contributed by atoms with Crippen molar-refractivity contribution < 1.29 is 27.9 Å². The Kier molecular flexibility index (Phi) is 11.3. The number of nitrogens with zero attached hydrogens (tertiary/aromatic N) is 3. The Balaban J connectivity index is 3.37. The van der Waals surface area contributed by atoms with Gasteiger partial charge in [0.25, 0.3) is 0 Å². The summed E-state index contributed by atoms with van der Waals surface area (Å²) in [6, 6.07) is 0. The lowest BCUT2D eigenvalue weighted by Gasteiger charge is -2.35. The van der Waals surface area contributed by atoms with Gasteiger partial charge in [0.2, 0.25) is 0 Å². The molecule has 0 aromatic carbocycles. The number of carbonyl (C=O) groups excluding carboxylic acids is 1. The van der Waals surface area contributed by atoms with E-state index >= 15 is 0 Å². The van der Waals surface area contributed by atoms with Gasteiger partial charge in [-0.15, -0.1) is 0 Å². The Morgan fingerprint density at radius 1 is 1.21 bits per heavy atom. The van der Waals surface area contributed by atoms with Crippen LogP contribution in [0.3, 0.4) is 0 Å². The Morgan fingerprint density at radius 2 is 1.83 bits per heavy atom. The molecule has 1 rings (SSSR count). The van der Waals surface area contributed by atoms with Crippen LogP contribution in [0.2, 0.25) is 0 Å². The van der Waals surface area contributed by atoms with Crippen molar-refractivity contribution in [2.75, 3.05) is 19.8 Å². The topological polar surface area (TPSA) is 132 Å². The predicted molar refractivity (Wildman–Crippen MR) is 109 cm³/mol. The molecular formula is C18H33N4O6P. The molecule has 1 N–H and O–H groups in total. The molecule has 1 aliphatic carbocycles. The fourth-order valence-corrected chi connectivity index (χ4v) is 4.59. The largest absolute Gasteiger partial charge is 0.466 e. The number of azide groups is 1. The standard InChI is InChI=1S/C18H33N4O6P/c1-6-14(7-2)28-16-12-13(18(23)25-8-3)11-15(20-22-19)17(16)21-29(24,26-9-4)27-10-5/h13-14,16H,6-12H2,1-5H3,(H,21,24)/t13?,16-/m1/s1. The van der Waals surface area contributed by atoms with Crippen LogP contribution in [0.15, 0.2) is 16.5 Å². The molecule has 1 aliphatic rings. The van der Waals surface area contributed by atoms with E-state index in [4.69, 9.17) is 24.1 Å². The SMILES string of the molecule is CCOC(=O)C1CC(N=[N+]=[N-])=C(NP(=O)(OCC)OCC)[C@H](OC(CC)CC)C1. The van der Waals surface area contributed by atoms with Crippen LogP contribution in [-0.4, -0.2) is 38.0 Å². The van der Waals surface area contributed by atoms with Crippen molar-refractivity contribution in [3.63, 3.8) is 0 Å². The quantitative estimate of drug-likeness (QED) is 0.145. The molecule has 0 amide bonds. The summed E-state index contributed by atoms with van der Waals surface area (Å²) in [6.07, 6.45) is 1.25. The number of carbonyl (C=O) groups is 1. The number of ether oxygens (including phenoxy) is 2. The predicted octanol–water partition coefficient (Wildman–Crippen LogP) is 4.83. The average molecular weight is 432 g/mol. The second kappa shape index (κ2) is 12.9. The third-order valence-electron chi connectivity index (χ3n) is 4.48. The summed E-state index contributed by atoms with van der Waals surface area (Å²) in [5.74, 6) is -0.910. The molecule has 0 saturated carbocycles. The van der Waals surface area contributed by atoms with E-state index in [1.807, 2.05) is 13.8 Å². The molecule has 11 heteroatoms. The van der Waals surface area contributed by atoms with Gasteiger partial charge in [-0.3, -0.25) is 18.9 Å². The van der Waals surface area contributed by atoms with Gasteiger partial charge in [0, 0.05) is 10.6 Å². The minimum Gasteiger partial charge on any atom is -0.466 e. The normalized spacial score (nSPS) is 19.8. The molecule has 1 unspecified atom stereocenters. The van der Waals surface area contributed by atoms with E-state index in [-0.39, 0.29) is 44.0 Å². The fraction of sp³-hybridized carbons (Fsp3) is 0.833. The summed E-state index contributed by atoms with van der Waals surface area (Å²) in [4.78, 5) is 15.2. The summed E-state index contributed by atoms with van der Waals surface area (Å²) in [5, 5.41) is 6.56. The Labute approximate surface area is 172 Å². The van der Waals surface area contributed by atoms with Crippen LogP contribution in [-0.2, 0) is 27.9 Å². The first-order valence-corrected chi connectivity index (χ1v) is 11.7. The van der Waals surface area contributed by atoms with Crippen molar-refractivity contribution >= 4 is 13.7 Å². The summed E-state index contributed by atoms with van der Waals surface area (Å²) in [7, 11) is -3.69. The van der Waals surface area contributed by atoms with Crippen LogP contribution in [0.25, 0.3) is 10.4 Å². The van der Waals surface area contributed by atoms with Gasteiger partial charge in [-0.2, -0.15) is 0 Å². The van der Waals surface area contributed by atoms with Crippen LogP contribution >= 0.6 is 7.75 Å². The van der Waals surface area contributed by atoms with Crippen molar-refractivity contribution in [1.82, 2.24) is 5.09 Å². The third-order valence-corrected chi connectivity index (χ3v) is 6.19. The zero-order chi connectivity index (χ0) is 21.9. The van der Waals surface area contributed by atoms with E-state index in [0.717, 1.165) is 12.8 Å². The summed E-state index contributed by atoms with van der Waals surface area (Å²) in [5.41, 5.74) is 9.61. The highest BCUT2D eigenvalue weighted by Gasteiger charge is 2.38. The molecule has 29 heavy (non-hydrogen) atoms. The number of rotatable bonds is 13. The molecule has 0 radical (unpaired) electrons. The highest BCUT2D eigenvalue weighted by Crippen LogP contribution is 2.47. The lowest BCUT2D eigenvalue weighted by Crippen LogP contribution is -2.38. The molecule has 10 nitrogen and oxygen atoms in total. The van der Waals surface area contributed by atoms with E-state index in [0.29, 0.717) is 12.1 Å². The molecule has 0 aliphatic heterocycles. The number of hydrogen-bond acceptors (Lipinski definition) is 7. The van der Waals surface area contributed by atoms with E-state index in [1.54, 1.807) is 20.8 Å². The first kappa shape index (κ1) is 25.5. The van der Waals surface area contributed by atoms with E-state index in [9.17, 15) is 9.36 Å². The lowest BCUT2D eigenvalue weighted by molar-refractivity contribution is -0.150. The monoisotopic (exact) mass is 432 g/mol. The van der Waals surface area contributed by atoms with E-state index in [2.05, 4.69) is 15.1 Å². The molecule has 166 valence electrons. The Morgan fingerprint density at radius 3 is 2.31 bits per heavy atom. The third kappa shape index (κ3) is 7.64. The maximum atomic E-state index is 13.0. The van der Waals surface area contributed by atoms with Gasteiger partial charge in [-0.25, -0.2) is 4.57 Å². The van der Waals surface area contributed by atoms with Crippen molar-refractivity contribution in [2.45, 2.75) is 72.5 Å². The van der Waals surface area contributed by atoms with Crippen molar-refractivity contribution in [2.24, 2.45) is 11.0 Å². The molecule has 0 saturated heterocycles. The van der Waals surface area contributed by atoms with Crippen molar-refractivity contribution in [3.05, 3.63) is 21.8 Å². The van der Waals surface area contributed by atoms with Gasteiger partial charge < -0.3 is 9.47 Å². The summed E-state index contributed by atoms with van der Waals surface area (Å²) < 4.78 is 35.0. The van der Waals surface area contributed by atoms with Crippen LogP contribution in [0.1, 0.15) is 60.3 Å². The van der Waals surface area contributed by atoms with Gasteiger partial charge in [0.1, 0.15) is 0 Å². The average Bonchev–Trinajstić information content (AvgIpc) is 2.68. The molecule has 0 spiro atoms. The zero-order valence-corrected chi connectivity index (χ0v) is 18.8. The fourth-order valence-electron chi connectivity index (χ4n) is 3.14. The van der Waals surface area contributed by atoms with Gasteiger partial charge >= 0.3 is 13.7 Å². The number of nitrogens with one attached hydrogen (secondary N) is 1. The Hall–Kier alpha value is -1.57. The molecule has 2 atom stereocenters. The first-order valence-electron chi connectivity index (χ1n) is 10.1. The molecule has 0 fully saturated rings. The lowest BCUT2D eigenvalue weighted by atomic mass is 9.88. The molecule has 0 heterocycles. The Bertz CT molecular complexity index is 651. The van der Waals surface area contributed by atoms with Crippen LogP contribution in [0, 0.1) is 5.92 Å². The van der Waals surface area contributed by atoms with Crippen LogP contribution in [0.4, 0.5) is 0 Å². The molecule has 0 aromatic rings. The minimum atomic E-state index is -3.69. The smallest absolute Gasteiger partial charge is 0.432 e. The number of esters is 1. The van der Waals surface area contributed by atoms with Gasteiger partial charge in [-0.1, -0.05) is 19.0 Å². The van der Waals surface area contributed by atoms with Gasteiger partial charge in [-0.05, 0) is 52.0 Å². The van der Waals surface area contributed by atoms with Gasteiger partial charge in [0.15, 0.2) is 0 Å². The number of allylic oxidation sites excluding steroid dienone is 1. The van der Waals surface area contributed by atoms with Crippen molar-refractivity contribution in [3.8, 4) is 0 Å². The molecular weight excluding hydrogens is 399 g/mol. The van der Waals surface area contributed by atoms with E-state index < -0.39 is 19.8 Å². The zero-order valence-electron chi connectivity index (χ0n) is 17.9. The molecule has 0 bridgehead atoms. The molecule has 0 aromatic heterocycles. The number of hydrogen-bond donors (Lipinski definition) is 1. The maximum Gasteiger partial charge on any atom is 0.432 e. The summed E-state index contributed by atoms with van der Waals surface area (Å²) in [6.45, 7) is 9.71. The second-order valence-electron chi connectivity index (χ2n) is 6.45. The second-order valence-corrected chi connectivity index (χ2v) is 8.18. The van der Waals surface area contributed by atoms with E-state index in [1.165, 1.54) is 0 Å². The van der Waals surface area contributed by atoms with Gasteiger partial charge in [0.05, 0.1) is 43.6 Å². The maximum absolute atomic E-state index is 13.0. The summed E-state index contributed by atoms with van der Waals surface area (Å²) >= 11 is 0. The van der Waals surface area contributed by atoms with Crippen LogP contribution < -0.4 is 5.09 Å².